The number of nitrogens with zero attached hydrogens (tertiary/aromatic N) is 2. The first-order chi connectivity index (χ1) is 11.6. The van der Waals surface area contributed by atoms with Crippen LogP contribution in [0.3, 0.4) is 0 Å². The van der Waals surface area contributed by atoms with Gasteiger partial charge in [-0.25, -0.2) is 0 Å². The average Bonchev–Trinajstić information content (AvgIpc) is 2.85. The fraction of sp³-hybridized carbons (Fsp3) is 0.500. The Morgan fingerprint density at radius 3 is 2.29 bits per heavy atom. The molecule has 0 unspecified atom stereocenters. The molecule has 0 spiro atoms. The number of amides is 1. The van der Waals surface area contributed by atoms with Crippen molar-refractivity contribution in [3.63, 3.8) is 0 Å². The van der Waals surface area contributed by atoms with E-state index in [4.69, 9.17) is 14.2 Å². The normalized spacial score (nSPS) is 15.5. The number of benzene rings is 1. The number of methoxy groups -OCH3 is 3. The van der Waals surface area contributed by atoms with Crippen LogP contribution in [-0.2, 0) is 0 Å². The lowest BCUT2D eigenvalue weighted by molar-refractivity contribution is 0.0761. The van der Waals surface area contributed by atoms with Gasteiger partial charge in [-0.05, 0) is 18.6 Å². The van der Waals surface area contributed by atoms with Crippen LogP contribution in [0.2, 0.25) is 0 Å². The van der Waals surface area contributed by atoms with E-state index < -0.39 is 0 Å². The maximum absolute atomic E-state index is 12.9. The zero-order valence-corrected chi connectivity index (χ0v) is 14.7. The molecule has 0 atom stereocenters. The summed E-state index contributed by atoms with van der Waals surface area (Å²) in [7, 11) is 4.64. The van der Waals surface area contributed by atoms with Crippen molar-refractivity contribution in [2.24, 2.45) is 0 Å². The van der Waals surface area contributed by atoms with E-state index in [-0.39, 0.29) is 5.91 Å². The highest BCUT2D eigenvalue weighted by Gasteiger charge is 2.23. The van der Waals surface area contributed by atoms with Gasteiger partial charge in [0.15, 0.2) is 11.5 Å². The third-order valence-electron chi connectivity index (χ3n) is 4.17. The zero-order chi connectivity index (χ0) is 17.5. The molecule has 0 N–H and O–H groups in total. The van der Waals surface area contributed by atoms with E-state index in [0.717, 1.165) is 32.6 Å². The van der Waals surface area contributed by atoms with Crippen LogP contribution in [0, 0.1) is 0 Å². The molecule has 2 rings (SSSR count). The predicted octanol–water partition coefficient (Wildman–Crippen LogP) is 2.05. The summed E-state index contributed by atoms with van der Waals surface area (Å²) in [4.78, 5) is 17.1. The van der Waals surface area contributed by atoms with E-state index >= 15 is 0 Å². The van der Waals surface area contributed by atoms with Gasteiger partial charge in [0.25, 0.3) is 5.91 Å². The molecule has 1 amide bonds. The Bertz CT molecular complexity index is 563. The number of hydrogen-bond acceptors (Lipinski definition) is 5. The number of hydrogen-bond donors (Lipinski definition) is 0. The highest BCUT2D eigenvalue weighted by Crippen LogP contribution is 2.38. The first kappa shape index (κ1) is 18.1. The predicted molar refractivity (Wildman–Crippen MR) is 93.3 cm³/mol. The summed E-state index contributed by atoms with van der Waals surface area (Å²) in [5.74, 6) is 1.45. The van der Waals surface area contributed by atoms with E-state index in [1.165, 1.54) is 0 Å². The van der Waals surface area contributed by atoms with Gasteiger partial charge >= 0.3 is 0 Å². The molecular weight excluding hydrogens is 308 g/mol. The molecule has 1 saturated heterocycles. The van der Waals surface area contributed by atoms with Crippen LogP contribution in [0.4, 0.5) is 0 Å². The van der Waals surface area contributed by atoms with Gasteiger partial charge in [0, 0.05) is 38.3 Å². The molecule has 1 aliphatic rings. The number of carbonyl (C=O) groups excluding carboxylic acids is 1. The van der Waals surface area contributed by atoms with E-state index in [1.807, 2.05) is 11.0 Å². The average molecular weight is 334 g/mol. The second-order valence-electron chi connectivity index (χ2n) is 5.65. The van der Waals surface area contributed by atoms with E-state index in [0.29, 0.717) is 29.4 Å². The van der Waals surface area contributed by atoms with Crippen molar-refractivity contribution in [2.45, 2.75) is 6.42 Å². The number of rotatable bonds is 6. The second kappa shape index (κ2) is 8.59. The van der Waals surface area contributed by atoms with Crippen LogP contribution in [0.5, 0.6) is 17.2 Å². The minimum Gasteiger partial charge on any atom is -0.493 e. The molecule has 1 aromatic rings. The third kappa shape index (κ3) is 4.00. The topological polar surface area (TPSA) is 51.2 Å². The van der Waals surface area contributed by atoms with Gasteiger partial charge in [-0.15, -0.1) is 6.58 Å². The van der Waals surface area contributed by atoms with Gasteiger partial charge in [-0.2, -0.15) is 0 Å². The molecule has 1 fully saturated rings. The van der Waals surface area contributed by atoms with Crippen molar-refractivity contribution >= 4 is 5.91 Å². The Kier molecular flexibility index (Phi) is 6.49. The summed E-state index contributed by atoms with van der Waals surface area (Å²) in [6.07, 6.45) is 2.85. The van der Waals surface area contributed by atoms with Gasteiger partial charge in [0.05, 0.1) is 21.3 Å². The Morgan fingerprint density at radius 2 is 1.75 bits per heavy atom. The molecule has 1 heterocycles. The van der Waals surface area contributed by atoms with E-state index in [9.17, 15) is 4.79 Å². The highest BCUT2D eigenvalue weighted by molar-refractivity contribution is 5.95. The maximum Gasteiger partial charge on any atom is 0.254 e. The molecule has 0 bridgehead atoms. The van der Waals surface area contributed by atoms with E-state index in [2.05, 4.69) is 11.5 Å². The van der Waals surface area contributed by atoms with Crippen molar-refractivity contribution in [1.29, 1.82) is 0 Å². The first-order valence-electron chi connectivity index (χ1n) is 8.07. The molecule has 132 valence electrons. The number of ether oxygens (including phenoxy) is 3. The van der Waals surface area contributed by atoms with Crippen molar-refractivity contribution in [3.05, 3.63) is 30.4 Å². The summed E-state index contributed by atoms with van der Waals surface area (Å²) in [6, 6.07) is 3.41. The molecule has 1 aromatic carbocycles. The Morgan fingerprint density at radius 1 is 1.08 bits per heavy atom. The smallest absolute Gasteiger partial charge is 0.254 e. The molecule has 0 radical (unpaired) electrons. The fourth-order valence-corrected chi connectivity index (χ4v) is 2.93. The van der Waals surface area contributed by atoms with Crippen LogP contribution < -0.4 is 14.2 Å². The Balaban J connectivity index is 2.21. The van der Waals surface area contributed by atoms with Crippen molar-refractivity contribution in [1.82, 2.24) is 9.80 Å². The minimum atomic E-state index is -0.0188. The van der Waals surface area contributed by atoms with Crippen molar-refractivity contribution < 1.29 is 19.0 Å². The third-order valence-corrected chi connectivity index (χ3v) is 4.17. The molecule has 0 saturated carbocycles. The number of carbonyl (C=O) groups is 1. The summed E-state index contributed by atoms with van der Waals surface area (Å²) >= 11 is 0. The lowest BCUT2D eigenvalue weighted by Crippen LogP contribution is -2.35. The SMILES string of the molecule is C=CCN1CCCN(C(=O)c2cc(OC)c(OC)c(OC)c2)CC1. The van der Waals surface area contributed by atoms with Gasteiger partial charge in [-0.3, -0.25) is 9.69 Å². The molecule has 1 aliphatic heterocycles. The largest absolute Gasteiger partial charge is 0.493 e. The van der Waals surface area contributed by atoms with Gasteiger partial charge in [-0.1, -0.05) is 6.08 Å². The quantitative estimate of drug-likeness (QED) is 0.745. The van der Waals surface area contributed by atoms with Crippen LogP contribution in [0.25, 0.3) is 0 Å². The van der Waals surface area contributed by atoms with Crippen LogP contribution in [0.15, 0.2) is 24.8 Å². The highest BCUT2D eigenvalue weighted by atomic mass is 16.5. The van der Waals surface area contributed by atoms with Crippen molar-refractivity contribution in [2.75, 3.05) is 54.1 Å². The standard InChI is InChI=1S/C18H26N2O4/c1-5-7-19-8-6-9-20(11-10-19)18(21)14-12-15(22-2)17(24-4)16(13-14)23-3/h5,12-13H,1,6-11H2,2-4H3. The molecule has 6 nitrogen and oxygen atoms in total. The van der Waals surface area contributed by atoms with Gasteiger partial charge < -0.3 is 19.1 Å². The monoisotopic (exact) mass is 334 g/mol. The van der Waals surface area contributed by atoms with Crippen molar-refractivity contribution in [3.8, 4) is 17.2 Å². The molecule has 6 heteroatoms. The molecule has 0 aliphatic carbocycles. The van der Waals surface area contributed by atoms with Gasteiger partial charge in [0.2, 0.25) is 5.75 Å². The Hall–Kier alpha value is -2.21. The molecule has 24 heavy (non-hydrogen) atoms. The summed E-state index contributed by atoms with van der Waals surface area (Å²) < 4.78 is 16.0. The van der Waals surface area contributed by atoms with E-state index in [1.54, 1.807) is 33.5 Å². The zero-order valence-electron chi connectivity index (χ0n) is 14.7. The summed E-state index contributed by atoms with van der Waals surface area (Å²) in [5, 5.41) is 0. The fourth-order valence-electron chi connectivity index (χ4n) is 2.93. The summed E-state index contributed by atoms with van der Waals surface area (Å²) in [6.45, 7) is 7.90. The molecular formula is C18H26N2O4. The first-order valence-corrected chi connectivity index (χ1v) is 8.07. The minimum absolute atomic E-state index is 0.0188. The van der Waals surface area contributed by atoms with Gasteiger partial charge in [0.1, 0.15) is 0 Å². The summed E-state index contributed by atoms with van der Waals surface area (Å²) in [5.41, 5.74) is 0.543. The second-order valence-corrected chi connectivity index (χ2v) is 5.65. The van der Waals surface area contributed by atoms with Crippen LogP contribution in [-0.4, -0.2) is 69.8 Å². The maximum atomic E-state index is 12.9. The van der Waals surface area contributed by atoms with Crippen LogP contribution >= 0.6 is 0 Å². The Labute approximate surface area is 143 Å². The molecule has 0 aromatic heterocycles. The lowest BCUT2D eigenvalue weighted by atomic mass is 10.1. The van der Waals surface area contributed by atoms with Crippen LogP contribution in [0.1, 0.15) is 16.8 Å². The lowest BCUT2D eigenvalue weighted by Gasteiger charge is -2.22.